The largest absolute Gasteiger partial charge is 0.465 e. The predicted molar refractivity (Wildman–Crippen MR) is 69.4 cm³/mol. The van der Waals surface area contributed by atoms with Gasteiger partial charge in [0.1, 0.15) is 11.5 Å². The van der Waals surface area contributed by atoms with Crippen molar-refractivity contribution < 1.29 is 23.6 Å². The van der Waals surface area contributed by atoms with Crippen molar-refractivity contribution >= 4 is 17.3 Å². The van der Waals surface area contributed by atoms with Gasteiger partial charge >= 0.3 is 5.97 Å². The van der Waals surface area contributed by atoms with Crippen LogP contribution in [0.2, 0.25) is 0 Å². The Kier molecular flexibility index (Phi) is 5.85. The molecule has 110 valence electrons. The number of benzene rings is 1. The number of hydrogen-bond acceptors (Lipinski definition) is 6. The van der Waals surface area contributed by atoms with E-state index in [1.54, 1.807) is 0 Å². The van der Waals surface area contributed by atoms with Gasteiger partial charge in [0.2, 0.25) is 0 Å². The second kappa shape index (κ2) is 7.39. The first-order chi connectivity index (χ1) is 9.51. The number of ether oxygens (including phenoxy) is 2. The van der Waals surface area contributed by atoms with Crippen LogP contribution in [0, 0.1) is 15.9 Å². The van der Waals surface area contributed by atoms with Gasteiger partial charge < -0.3 is 14.8 Å². The molecule has 0 aliphatic rings. The van der Waals surface area contributed by atoms with Crippen LogP contribution in [0.3, 0.4) is 0 Å². The van der Waals surface area contributed by atoms with E-state index in [-0.39, 0.29) is 11.3 Å². The third-order valence-electron chi connectivity index (χ3n) is 2.45. The minimum absolute atomic E-state index is 0.0384. The molecule has 0 radical (unpaired) electrons. The summed E-state index contributed by atoms with van der Waals surface area (Å²) in [5.74, 6) is -1.90. The summed E-state index contributed by atoms with van der Waals surface area (Å²) in [6, 6.07) is 1.75. The van der Waals surface area contributed by atoms with Crippen LogP contribution in [-0.4, -0.2) is 37.8 Å². The third-order valence-corrected chi connectivity index (χ3v) is 2.45. The molecule has 1 aromatic rings. The lowest BCUT2D eigenvalue weighted by molar-refractivity contribution is -0.384. The van der Waals surface area contributed by atoms with Crippen molar-refractivity contribution in [3.63, 3.8) is 0 Å². The van der Waals surface area contributed by atoms with Crippen molar-refractivity contribution in [1.29, 1.82) is 0 Å². The lowest BCUT2D eigenvalue weighted by Gasteiger charge is -2.09. The molecule has 0 spiro atoms. The molecule has 0 aliphatic carbocycles. The van der Waals surface area contributed by atoms with Gasteiger partial charge in [-0.1, -0.05) is 0 Å². The number of halogens is 1. The van der Waals surface area contributed by atoms with Gasteiger partial charge in [-0.05, 0) is 13.0 Å². The average Bonchev–Trinajstić information content (AvgIpc) is 2.43. The van der Waals surface area contributed by atoms with Crippen molar-refractivity contribution in [3.8, 4) is 0 Å². The summed E-state index contributed by atoms with van der Waals surface area (Å²) in [6.45, 7) is 2.95. The lowest BCUT2D eigenvalue weighted by Crippen LogP contribution is -2.12. The second-order valence-corrected chi connectivity index (χ2v) is 3.72. The molecule has 0 amide bonds. The van der Waals surface area contributed by atoms with E-state index in [9.17, 15) is 19.3 Å². The van der Waals surface area contributed by atoms with Gasteiger partial charge in [-0.3, -0.25) is 10.1 Å². The Hall–Kier alpha value is -2.22. The molecule has 0 aromatic heterocycles. The molecule has 0 heterocycles. The van der Waals surface area contributed by atoms with Crippen LogP contribution < -0.4 is 5.32 Å². The SMILES string of the molecule is CCOCCNc1cc(C(=O)OC)c(F)cc1[N+](=O)[O-]. The number of nitrogens with zero attached hydrogens (tertiary/aromatic N) is 1. The molecular weight excluding hydrogens is 271 g/mol. The summed E-state index contributed by atoms with van der Waals surface area (Å²) >= 11 is 0. The number of nitro benzene ring substituents is 1. The van der Waals surface area contributed by atoms with Gasteiger partial charge in [0.05, 0.1) is 30.3 Å². The maximum absolute atomic E-state index is 13.6. The fraction of sp³-hybridized carbons (Fsp3) is 0.417. The van der Waals surface area contributed by atoms with E-state index < -0.39 is 22.4 Å². The van der Waals surface area contributed by atoms with Gasteiger partial charge in [-0.25, -0.2) is 9.18 Å². The maximum atomic E-state index is 13.6. The molecule has 7 nitrogen and oxygen atoms in total. The zero-order valence-electron chi connectivity index (χ0n) is 11.1. The van der Waals surface area contributed by atoms with Gasteiger partial charge in [0.15, 0.2) is 0 Å². The summed E-state index contributed by atoms with van der Waals surface area (Å²) in [5.41, 5.74) is -0.778. The molecule has 0 unspecified atom stereocenters. The molecule has 0 saturated heterocycles. The van der Waals surface area contributed by atoms with Crippen molar-refractivity contribution in [3.05, 3.63) is 33.6 Å². The Balaban J connectivity index is 3.04. The van der Waals surface area contributed by atoms with Crippen LogP contribution >= 0.6 is 0 Å². The highest BCUT2D eigenvalue weighted by molar-refractivity contribution is 5.91. The molecule has 0 bridgehead atoms. The molecule has 0 saturated carbocycles. The highest BCUT2D eigenvalue weighted by Crippen LogP contribution is 2.28. The summed E-state index contributed by atoms with van der Waals surface area (Å²) in [7, 11) is 1.10. The standard InChI is InChI=1S/C12H15FN2O5/c1-3-20-5-4-14-10-6-8(12(16)19-2)9(13)7-11(10)15(17)18/h6-7,14H,3-5H2,1-2H3. The van der Waals surface area contributed by atoms with Crippen LogP contribution in [0.5, 0.6) is 0 Å². The molecule has 20 heavy (non-hydrogen) atoms. The molecular formula is C12H15FN2O5. The summed E-state index contributed by atoms with van der Waals surface area (Å²) < 4.78 is 23.1. The molecule has 8 heteroatoms. The number of esters is 1. The summed E-state index contributed by atoms with van der Waals surface area (Å²) in [6.07, 6.45) is 0. The van der Waals surface area contributed by atoms with E-state index in [1.165, 1.54) is 0 Å². The molecule has 1 rings (SSSR count). The van der Waals surface area contributed by atoms with E-state index >= 15 is 0 Å². The van der Waals surface area contributed by atoms with Gasteiger partial charge in [0, 0.05) is 13.2 Å². The Morgan fingerprint density at radius 3 is 2.75 bits per heavy atom. The Bertz CT molecular complexity index is 507. The first-order valence-corrected chi connectivity index (χ1v) is 5.89. The number of hydrogen-bond donors (Lipinski definition) is 1. The highest BCUT2D eigenvalue weighted by atomic mass is 19.1. The zero-order valence-corrected chi connectivity index (χ0v) is 11.1. The van der Waals surface area contributed by atoms with Crippen LogP contribution in [-0.2, 0) is 9.47 Å². The summed E-state index contributed by atoms with van der Waals surface area (Å²) in [5, 5.41) is 13.6. The zero-order chi connectivity index (χ0) is 15.1. The number of nitro groups is 1. The molecule has 1 N–H and O–H groups in total. The topological polar surface area (TPSA) is 90.7 Å². The number of nitrogens with one attached hydrogen (secondary N) is 1. The Labute approximate surface area is 114 Å². The van der Waals surface area contributed by atoms with Gasteiger partial charge in [-0.2, -0.15) is 0 Å². The van der Waals surface area contributed by atoms with Crippen molar-refractivity contribution in [2.75, 3.05) is 32.2 Å². The predicted octanol–water partition coefficient (Wildman–Crippen LogP) is 1.97. The molecule has 0 fully saturated rings. The van der Waals surface area contributed by atoms with E-state index in [4.69, 9.17) is 4.74 Å². The first-order valence-electron chi connectivity index (χ1n) is 5.89. The molecule has 0 aliphatic heterocycles. The van der Waals surface area contributed by atoms with E-state index in [0.717, 1.165) is 13.2 Å². The quantitative estimate of drug-likeness (QED) is 0.356. The van der Waals surface area contributed by atoms with Crippen LogP contribution in [0.4, 0.5) is 15.8 Å². The van der Waals surface area contributed by atoms with Crippen molar-refractivity contribution in [1.82, 2.24) is 0 Å². The average molecular weight is 286 g/mol. The second-order valence-electron chi connectivity index (χ2n) is 3.72. The smallest absolute Gasteiger partial charge is 0.340 e. The fourth-order valence-corrected chi connectivity index (χ4v) is 1.52. The molecule has 1 aromatic carbocycles. The normalized spacial score (nSPS) is 10.2. The number of rotatable bonds is 7. The monoisotopic (exact) mass is 286 g/mol. The van der Waals surface area contributed by atoms with Crippen LogP contribution in [0.1, 0.15) is 17.3 Å². The number of carbonyl (C=O) groups excluding carboxylic acids is 1. The Morgan fingerprint density at radius 1 is 1.50 bits per heavy atom. The number of anilines is 1. The third kappa shape index (κ3) is 3.89. The Morgan fingerprint density at radius 2 is 2.20 bits per heavy atom. The lowest BCUT2D eigenvalue weighted by atomic mass is 10.1. The van der Waals surface area contributed by atoms with E-state index in [1.807, 2.05) is 6.92 Å². The van der Waals surface area contributed by atoms with Crippen molar-refractivity contribution in [2.45, 2.75) is 6.92 Å². The van der Waals surface area contributed by atoms with E-state index in [2.05, 4.69) is 10.1 Å². The molecule has 0 atom stereocenters. The van der Waals surface area contributed by atoms with Gasteiger partial charge in [0.25, 0.3) is 5.69 Å². The minimum atomic E-state index is -1.00. The maximum Gasteiger partial charge on any atom is 0.340 e. The van der Waals surface area contributed by atoms with Crippen LogP contribution in [0.25, 0.3) is 0 Å². The first kappa shape index (κ1) is 15.8. The van der Waals surface area contributed by atoms with Crippen molar-refractivity contribution in [2.24, 2.45) is 0 Å². The van der Waals surface area contributed by atoms with Crippen LogP contribution in [0.15, 0.2) is 12.1 Å². The van der Waals surface area contributed by atoms with Gasteiger partial charge in [-0.15, -0.1) is 0 Å². The number of methoxy groups -OCH3 is 1. The number of carbonyl (C=O) groups is 1. The highest BCUT2D eigenvalue weighted by Gasteiger charge is 2.22. The fourth-order valence-electron chi connectivity index (χ4n) is 1.52. The van der Waals surface area contributed by atoms with E-state index in [0.29, 0.717) is 25.8 Å². The summed E-state index contributed by atoms with van der Waals surface area (Å²) in [4.78, 5) is 21.5. The minimum Gasteiger partial charge on any atom is -0.465 e.